The Morgan fingerprint density at radius 2 is 0.931 bits per heavy atom. The van der Waals surface area contributed by atoms with Crippen molar-refractivity contribution in [1.29, 1.82) is 0 Å². The summed E-state index contributed by atoms with van der Waals surface area (Å²) in [6, 6.07) is 20.4. The lowest BCUT2D eigenvalue weighted by Gasteiger charge is -2.17. The maximum absolute atomic E-state index is 5.81. The van der Waals surface area contributed by atoms with Gasteiger partial charge in [0, 0.05) is 28.0 Å². The molecule has 0 unspecified atom stereocenters. The van der Waals surface area contributed by atoms with Crippen molar-refractivity contribution in [1.82, 2.24) is 0 Å². The lowest BCUT2D eigenvalue weighted by Crippen LogP contribution is -1.99. The minimum atomic E-state index is 0.687. The zero-order valence-corrected chi connectivity index (χ0v) is 17.1. The monoisotopic (exact) mass is 388 g/mol. The molecule has 0 aliphatic heterocycles. The van der Waals surface area contributed by atoms with Gasteiger partial charge in [-0.2, -0.15) is 0 Å². The highest BCUT2D eigenvalue weighted by Crippen LogP contribution is 2.39. The van der Waals surface area contributed by atoms with E-state index in [9.17, 15) is 0 Å². The Bertz CT molecular complexity index is 1090. The molecule has 4 nitrogen and oxygen atoms in total. The van der Waals surface area contributed by atoms with Crippen LogP contribution in [0.1, 0.15) is 11.1 Å². The molecule has 4 rings (SSSR count). The van der Waals surface area contributed by atoms with E-state index < -0.39 is 0 Å². The number of ether oxygens (including phenoxy) is 4. The summed E-state index contributed by atoms with van der Waals surface area (Å²) in [6.07, 6.45) is 0.687. The zero-order chi connectivity index (χ0) is 20.4. The van der Waals surface area contributed by atoms with Gasteiger partial charge in [-0.05, 0) is 23.3 Å². The van der Waals surface area contributed by atoms with Crippen molar-refractivity contribution in [2.24, 2.45) is 0 Å². The third kappa shape index (κ3) is 3.21. The Morgan fingerprint density at radius 3 is 1.31 bits per heavy atom. The molecule has 0 bridgehead atoms. The predicted octanol–water partition coefficient (Wildman–Crippen LogP) is 5.62. The zero-order valence-electron chi connectivity index (χ0n) is 17.1. The summed E-state index contributed by atoms with van der Waals surface area (Å²) in [5.41, 5.74) is 2.18. The van der Waals surface area contributed by atoms with Crippen LogP contribution in [-0.2, 0) is 6.42 Å². The highest BCUT2D eigenvalue weighted by molar-refractivity contribution is 5.96. The summed E-state index contributed by atoms with van der Waals surface area (Å²) < 4.78 is 22.6. The maximum atomic E-state index is 5.81. The Kier molecular flexibility index (Phi) is 5.17. The van der Waals surface area contributed by atoms with Gasteiger partial charge in [0.15, 0.2) is 0 Å². The van der Waals surface area contributed by atoms with Gasteiger partial charge in [0.2, 0.25) is 0 Å². The molecule has 0 saturated carbocycles. The van der Waals surface area contributed by atoms with Crippen molar-refractivity contribution in [2.45, 2.75) is 6.42 Å². The fourth-order valence-electron chi connectivity index (χ4n) is 4.01. The number of hydrogen-bond donors (Lipinski definition) is 0. The third-order valence-corrected chi connectivity index (χ3v) is 5.34. The second-order valence-corrected chi connectivity index (χ2v) is 6.80. The van der Waals surface area contributed by atoms with Gasteiger partial charge in [-0.25, -0.2) is 0 Å². The van der Waals surface area contributed by atoms with Crippen LogP contribution in [0.25, 0.3) is 21.5 Å². The first kappa shape index (κ1) is 18.9. The van der Waals surface area contributed by atoms with E-state index in [0.29, 0.717) is 6.42 Å². The molecule has 0 amide bonds. The van der Waals surface area contributed by atoms with Crippen LogP contribution in [0.4, 0.5) is 0 Å². The average Bonchev–Trinajstić information content (AvgIpc) is 2.77. The first-order valence-corrected chi connectivity index (χ1v) is 9.47. The van der Waals surface area contributed by atoms with E-state index in [1.165, 1.54) is 0 Å². The molecular weight excluding hydrogens is 364 g/mol. The van der Waals surface area contributed by atoms with Gasteiger partial charge in [0.25, 0.3) is 0 Å². The third-order valence-electron chi connectivity index (χ3n) is 5.34. The number of hydrogen-bond acceptors (Lipinski definition) is 4. The summed E-state index contributed by atoms with van der Waals surface area (Å²) in [4.78, 5) is 0. The first-order chi connectivity index (χ1) is 14.2. The van der Waals surface area contributed by atoms with Gasteiger partial charge in [-0.15, -0.1) is 0 Å². The quantitative estimate of drug-likeness (QED) is 0.430. The SMILES string of the molecule is COc1cccc2c(OC)c(Cc3ccc4c(OC)cccc4c3OC)ccc12. The Labute approximate surface area is 170 Å². The second kappa shape index (κ2) is 7.92. The molecule has 0 aliphatic carbocycles. The second-order valence-electron chi connectivity index (χ2n) is 6.80. The van der Waals surface area contributed by atoms with Crippen LogP contribution in [0, 0.1) is 0 Å². The smallest absolute Gasteiger partial charge is 0.130 e. The molecule has 0 saturated heterocycles. The topological polar surface area (TPSA) is 36.9 Å². The molecule has 4 heteroatoms. The molecular formula is C25H24O4. The van der Waals surface area contributed by atoms with E-state index in [1.807, 2.05) is 24.3 Å². The molecule has 29 heavy (non-hydrogen) atoms. The number of rotatable bonds is 6. The van der Waals surface area contributed by atoms with Gasteiger partial charge in [-0.3, -0.25) is 0 Å². The van der Waals surface area contributed by atoms with Crippen molar-refractivity contribution in [3.8, 4) is 23.0 Å². The van der Waals surface area contributed by atoms with Gasteiger partial charge in [-0.1, -0.05) is 48.5 Å². The van der Waals surface area contributed by atoms with E-state index in [4.69, 9.17) is 18.9 Å². The van der Waals surface area contributed by atoms with Crippen molar-refractivity contribution < 1.29 is 18.9 Å². The fourth-order valence-corrected chi connectivity index (χ4v) is 4.01. The van der Waals surface area contributed by atoms with Crippen molar-refractivity contribution in [2.75, 3.05) is 28.4 Å². The molecule has 0 radical (unpaired) electrons. The Morgan fingerprint density at radius 1 is 0.483 bits per heavy atom. The normalized spacial score (nSPS) is 10.9. The van der Waals surface area contributed by atoms with E-state index >= 15 is 0 Å². The highest BCUT2D eigenvalue weighted by atomic mass is 16.5. The summed E-state index contributed by atoms with van der Waals surface area (Å²) in [6.45, 7) is 0. The van der Waals surface area contributed by atoms with Crippen LogP contribution in [0.15, 0.2) is 60.7 Å². The van der Waals surface area contributed by atoms with E-state index in [2.05, 4.69) is 36.4 Å². The van der Waals surface area contributed by atoms with Gasteiger partial charge < -0.3 is 18.9 Å². The van der Waals surface area contributed by atoms with Crippen LogP contribution in [0.3, 0.4) is 0 Å². The summed E-state index contributed by atoms with van der Waals surface area (Å²) in [5.74, 6) is 3.38. The molecule has 0 atom stereocenters. The Hall–Kier alpha value is -3.40. The van der Waals surface area contributed by atoms with Gasteiger partial charge in [0.05, 0.1) is 28.4 Å². The summed E-state index contributed by atoms with van der Waals surface area (Å²) in [5, 5.41) is 4.13. The molecule has 148 valence electrons. The van der Waals surface area contributed by atoms with Crippen LogP contribution in [0.5, 0.6) is 23.0 Å². The van der Waals surface area contributed by atoms with Crippen molar-refractivity contribution >= 4 is 21.5 Å². The molecule has 0 aliphatic rings. The summed E-state index contributed by atoms with van der Waals surface area (Å²) >= 11 is 0. The number of benzene rings is 4. The fraction of sp³-hybridized carbons (Fsp3) is 0.200. The lowest BCUT2D eigenvalue weighted by molar-refractivity contribution is 0.408. The lowest BCUT2D eigenvalue weighted by atomic mass is 9.96. The largest absolute Gasteiger partial charge is 0.496 e. The average molecular weight is 388 g/mol. The van der Waals surface area contributed by atoms with Crippen LogP contribution < -0.4 is 18.9 Å². The summed E-state index contributed by atoms with van der Waals surface area (Å²) in [7, 11) is 6.78. The molecule has 4 aromatic rings. The Balaban J connectivity index is 1.86. The van der Waals surface area contributed by atoms with Gasteiger partial charge >= 0.3 is 0 Å². The van der Waals surface area contributed by atoms with Crippen LogP contribution in [-0.4, -0.2) is 28.4 Å². The molecule has 0 fully saturated rings. The highest BCUT2D eigenvalue weighted by Gasteiger charge is 2.16. The van der Waals surface area contributed by atoms with Crippen LogP contribution >= 0.6 is 0 Å². The minimum absolute atomic E-state index is 0.687. The van der Waals surface area contributed by atoms with E-state index in [1.54, 1.807) is 28.4 Å². The minimum Gasteiger partial charge on any atom is -0.496 e. The number of fused-ring (bicyclic) bond motifs is 2. The maximum Gasteiger partial charge on any atom is 0.130 e. The molecule has 0 N–H and O–H groups in total. The number of methoxy groups -OCH3 is 4. The van der Waals surface area contributed by atoms with Crippen LogP contribution in [0.2, 0.25) is 0 Å². The molecule has 0 aromatic heterocycles. The van der Waals surface area contributed by atoms with Crippen molar-refractivity contribution in [3.05, 3.63) is 71.8 Å². The van der Waals surface area contributed by atoms with E-state index in [0.717, 1.165) is 55.7 Å². The van der Waals surface area contributed by atoms with Crippen molar-refractivity contribution in [3.63, 3.8) is 0 Å². The molecule has 0 heterocycles. The molecule has 0 spiro atoms. The molecule has 4 aromatic carbocycles. The standard InChI is InChI=1S/C25H24O4/c1-26-22-9-5-7-20-18(22)13-11-16(24(20)28-3)15-17-12-14-19-21(25(17)29-4)8-6-10-23(19)27-2/h5-14H,15H2,1-4H3. The van der Waals surface area contributed by atoms with E-state index in [-0.39, 0.29) is 0 Å². The van der Waals surface area contributed by atoms with Gasteiger partial charge in [0.1, 0.15) is 23.0 Å². The first-order valence-electron chi connectivity index (χ1n) is 9.47. The predicted molar refractivity (Wildman–Crippen MR) is 117 cm³/mol.